The lowest BCUT2D eigenvalue weighted by Crippen LogP contribution is -2.43. The van der Waals surface area contributed by atoms with Gasteiger partial charge in [0.2, 0.25) is 21.1 Å². The molecule has 2 aromatic carbocycles. The van der Waals surface area contributed by atoms with E-state index in [-0.39, 0.29) is 17.3 Å². The van der Waals surface area contributed by atoms with E-state index >= 15 is 0 Å². The van der Waals surface area contributed by atoms with Crippen molar-refractivity contribution >= 4 is 43.3 Å². The number of fused-ring (bicyclic) bond motifs is 1. The molecule has 2 aromatic heterocycles. The number of amides is 1. The molecule has 188 valence electrons. The van der Waals surface area contributed by atoms with Gasteiger partial charge in [-0.3, -0.25) is 4.79 Å². The number of sulfonamides is 1. The fraction of sp³-hybridized carbons (Fsp3) is 0.346. The van der Waals surface area contributed by atoms with Gasteiger partial charge in [-0.2, -0.15) is 14.1 Å². The number of nitrogens with one attached hydrogen (secondary N) is 1. The van der Waals surface area contributed by atoms with Crippen LogP contribution in [0.2, 0.25) is 0 Å². The highest BCUT2D eigenvalue weighted by molar-refractivity contribution is 7.89. The molecule has 4 aromatic rings. The van der Waals surface area contributed by atoms with Crippen LogP contribution < -0.4 is 5.32 Å². The highest BCUT2D eigenvalue weighted by Crippen LogP contribution is 2.31. The first-order chi connectivity index (χ1) is 17.1. The summed E-state index contributed by atoms with van der Waals surface area (Å²) in [7, 11) is -3.66. The molecule has 10 heteroatoms. The minimum absolute atomic E-state index is 0.148. The molecule has 0 aliphatic carbocycles. The predicted octanol–water partition coefficient (Wildman–Crippen LogP) is 4.76. The molecule has 5 rings (SSSR count). The summed E-state index contributed by atoms with van der Waals surface area (Å²) in [5, 5.41) is 8.24. The number of benzene rings is 2. The summed E-state index contributed by atoms with van der Waals surface area (Å²) in [6.07, 6.45) is 1.25. The van der Waals surface area contributed by atoms with E-state index in [1.165, 1.54) is 21.2 Å². The second kappa shape index (κ2) is 9.42. The Hall–Kier alpha value is -3.08. The number of carbonyl (C=O) groups is 1. The fourth-order valence-corrected chi connectivity index (χ4v) is 7.28. The van der Waals surface area contributed by atoms with Gasteiger partial charge < -0.3 is 5.32 Å². The maximum absolute atomic E-state index is 13.3. The van der Waals surface area contributed by atoms with Crippen LogP contribution in [0.5, 0.6) is 0 Å². The molecule has 1 amide bonds. The smallest absolute Gasteiger partial charge is 0.243 e. The Bertz CT molecular complexity index is 1550. The van der Waals surface area contributed by atoms with Gasteiger partial charge in [-0.05, 0) is 69.9 Å². The number of hydrogen-bond acceptors (Lipinski definition) is 6. The van der Waals surface area contributed by atoms with Crippen LogP contribution in [0.4, 0.5) is 5.82 Å². The molecule has 1 aliphatic heterocycles. The zero-order valence-corrected chi connectivity index (χ0v) is 22.4. The van der Waals surface area contributed by atoms with E-state index in [1.54, 1.807) is 28.9 Å². The number of rotatable bonds is 5. The maximum atomic E-state index is 13.3. The van der Waals surface area contributed by atoms with Gasteiger partial charge in [-0.15, -0.1) is 0 Å². The van der Waals surface area contributed by atoms with Crippen LogP contribution in [0, 0.1) is 33.6 Å². The quantitative estimate of drug-likeness (QED) is 0.407. The minimum atomic E-state index is -3.66. The van der Waals surface area contributed by atoms with Crippen LogP contribution >= 0.6 is 11.3 Å². The molecule has 0 spiro atoms. The van der Waals surface area contributed by atoms with Gasteiger partial charge in [0.1, 0.15) is 5.82 Å². The molecule has 1 atom stereocenters. The second-order valence-corrected chi connectivity index (χ2v) is 12.5. The molecule has 1 N–H and O–H groups in total. The summed E-state index contributed by atoms with van der Waals surface area (Å²) in [5.41, 5.74) is 4.94. The molecule has 0 radical (unpaired) electrons. The van der Waals surface area contributed by atoms with Crippen LogP contribution in [-0.4, -0.2) is 46.5 Å². The third kappa shape index (κ3) is 4.68. The number of thiazole rings is 1. The molecule has 1 aliphatic rings. The molecular formula is C26H29N5O3S2. The monoisotopic (exact) mass is 523 g/mol. The van der Waals surface area contributed by atoms with Crippen LogP contribution in [0.15, 0.2) is 47.4 Å². The number of aryl methyl sites for hydroxylation is 4. The van der Waals surface area contributed by atoms with E-state index < -0.39 is 15.9 Å². The summed E-state index contributed by atoms with van der Waals surface area (Å²) in [6, 6.07) is 12.8. The number of nitrogens with zero attached hydrogens (tertiary/aromatic N) is 4. The third-order valence-corrected chi connectivity index (χ3v) is 9.35. The minimum Gasteiger partial charge on any atom is -0.310 e. The molecule has 0 saturated carbocycles. The fourth-order valence-electron chi connectivity index (χ4n) is 4.65. The van der Waals surface area contributed by atoms with Gasteiger partial charge in [0.15, 0.2) is 0 Å². The Morgan fingerprint density at radius 2 is 1.81 bits per heavy atom. The molecule has 1 unspecified atom stereocenters. The number of carbonyl (C=O) groups excluding carboxylic acids is 1. The van der Waals surface area contributed by atoms with Gasteiger partial charge in [-0.25, -0.2) is 13.4 Å². The summed E-state index contributed by atoms with van der Waals surface area (Å²) in [6.45, 7) is 8.43. The summed E-state index contributed by atoms with van der Waals surface area (Å²) in [5.74, 6) is -0.138. The maximum Gasteiger partial charge on any atom is 0.243 e. The highest BCUT2D eigenvalue weighted by atomic mass is 32.2. The van der Waals surface area contributed by atoms with Gasteiger partial charge in [0.05, 0.1) is 26.7 Å². The van der Waals surface area contributed by atoms with E-state index in [9.17, 15) is 13.2 Å². The molecule has 36 heavy (non-hydrogen) atoms. The average molecular weight is 524 g/mol. The topological polar surface area (TPSA) is 97.2 Å². The molecule has 1 fully saturated rings. The summed E-state index contributed by atoms with van der Waals surface area (Å²) < 4.78 is 30.5. The Kier molecular flexibility index (Phi) is 6.44. The Morgan fingerprint density at radius 3 is 2.56 bits per heavy atom. The first kappa shape index (κ1) is 24.6. The van der Waals surface area contributed by atoms with Gasteiger partial charge in [0, 0.05) is 19.2 Å². The Labute approximate surface area is 215 Å². The van der Waals surface area contributed by atoms with Crippen LogP contribution in [0.3, 0.4) is 0 Å². The first-order valence-corrected chi connectivity index (χ1v) is 14.2. The lowest BCUT2D eigenvalue weighted by atomic mass is 9.99. The third-order valence-electron chi connectivity index (χ3n) is 6.50. The van der Waals surface area contributed by atoms with Crippen molar-refractivity contribution in [3.8, 4) is 5.13 Å². The summed E-state index contributed by atoms with van der Waals surface area (Å²) >= 11 is 1.52. The van der Waals surface area contributed by atoms with Crippen molar-refractivity contribution in [2.75, 3.05) is 18.4 Å². The molecule has 8 nitrogen and oxygen atoms in total. The number of aromatic nitrogens is 3. The van der Waals surface area contributed by atoms with Crippen molar-refractivity contribution in [2.45, 2.75) is 45.4 Å². The Balaban J connectivity index is 1.37. The van der Waals surface area contributed by atoms with Crippen molar-refractivity contribution in [3.05, 3.63) is 64.8 Å². The average Bonchev–Trinajstić information content (AvgIpc) is 3.42. The lowest BCUT2D eigenvalue weighted by molar-refractivity contribution is -0.120. The van der Waals surface area contributed by atoms with Crippen LogP contribution in [0.25, 0.3) is 15.3 Å². The van der Waals surface area contributed by atoms with Crippen molar-refractivity contribution in [3.63, 3.8) is 0 Å². The van der Waals surface area contributed by atoms with Gasteiger partial charge in [-0.1, -0.05) is 35.1 Å². The predicted molar refractivity (Wildman–Crippen MR) is 142 cm³/mol. The van der Waals surface area contributed by atoms with E-state index in [4.69, 9.17) is 4.98 Å². The zero-order valence-electron chi connectivity index (χ0n) is 20.8. The van der Waals surface area contributed by atoms with Gasteiger partial charge in [0.25, 0.3) is 0 Å². The summed E-state index contributed by atoms with van der Waals surface area (Å²) in [4.78, 5) is 18.3. The van der Waals surface area contributed by atoms with E-state index in [2.05, 4.69) is 29.5 Å². The lowest BCUT2D eigenvalue weighted by Gasteiger charge is -2.31. The largest absolute Gasteiger partial charge is 0.310 e. The van der Waals surface area contributed by atoms with Crippen LogP contribution in [-0.2, 0) is 14.8 Å². The van der Waals surface area contributed by atoms with Crippen molar-refractivity contribution in [1.82, 2.24) is 19.1 Å². The Morgan fingerprint density at radius 1 is 1.06 bits per heavy atom. The normalized spacial score (nSPS) is 16.9. The van der Waals surface area contributed by atoms with Crippen molar-refractivity contribution < 1.29 is 13.2 Å². The first-order valence-electron chi connectivity index (χ1n) is 11.9. The number of anilines is 1. The van der Waals surface area contributed by atoms with Crippen LogP contribution in [0.1, 0.15) is 35.2 Å². The molecular weight excluding hydrogens is 494 g/mol. The second-order valence-electron chi connectivity index (χ2n) is 9.51. The molecule has 1 saturated heterocycles. The standard InChI is InChI=1S/C26H29N5O3S2/c1-16-7-9-21(10-8-16)36(33,34)30-11-5-6-20(15-30)25(32)27-23-14-19(4)29-31(23)26-28-24-18(3)12-17(2)13-22(24)35-26/h7-10,12-14,20H,5-6,11,15H2,1-4H3,(H,27,32). The SMILES string of the molecule is Cc1ccc(S(=O)(=O)N2CCCC(C(=O)Nc3cc(C)nn3-c3nc4c(C)cc(C)cc4s3)C2)cc1. The number of piperidine rings is 1. The van der Waals surface area contributed by atoms with E-state index in [0.717, 1.165) is 27.0 Å². The highest BCUT2D eigenvalue weighted by Gasteiger charge is 2.33. The van der Waals surface area contributed by atoms with Crippen molar-refractivity contribution in [1.29, 1.82) is 0 Å². The van der Waals surface area contributed by atoms with E-state index in [1.807, 2.05) is 26.8 Å². The van der Waals surface area contributed by atoms with E-state index in [0.29, 0.717) is 30.3 Å². The van der Waals surface area contributed by atoms with Crippen molar-refractivity contribution in [2.24, 2.45) is 5.92 Å². The molecule has 3 heterocycles. The van der Waals surface area contributed by atoms with Gasteiger partial charge >= 0.3 is 0 Å². The zero-order chi connectivity index (χ0) is 25.6. The number of hydrogen-bond donors (Lipinski definition) is 1. The molecule has 0 bridgehead atoms.